The highest BCUT2D eigenvalue weighted by atomic mass is 19.4. The summed E-state index contributed by atoms with van der Waals surface area (Å²) in [6.45, 7) is 2.20. The summed E-state index contributed by atoms with van der Waals surface area (Å²) < 4.78 is 39.4. The number of piperidine rings is 1. The molecule has 0 aromatic carbocycles. The number of carbonyl (C=O) groups excluding carboxylic acids is 1. The van der Waals surface area contributed by atoms with Crippen LogP contribution in [0.1, 0.15) is 18.4 Å². The van der Waals surface area contributed by atoms with Crippen molar-refractivity contribution in [2.45, 2.75) is 25.6 Å². The van der Waals surface area contributed by atoms with Gasteiger partial charge in [0, 0.05) is 31.7 Å². The standard InChI is InChI=1S/C16H19F3N6O/c17-16(18,19)13-1-2-14(22-9-13)24-6-3-12(4-7-24)15(26)21-5-8-25-11-20-10-23-25/h1-2,9-12H,3-8H2,(H,21,26). The molecule has 1 saturated heterocycles. The van der Waals surface area contributed by atoms with Crippen LogP contribution < -0.4 is 10.2 Å². The van der Waals surface area contributed by atoms with Crippen LogP contribution in [0.4, 0.5) is 19.0 Å². The van der Waals surface area contributed by atoms with Gasteiger partial charge in [0.15, 0.2) is 0 Å². The summed E-state index contributed by atoms with van der Waals surface area (Å²) in [5, 5.41) is 6.84. The molecule has 1 aliphatic rings. The molecular formula is C16H19F3N6O. The summed E-state index contributed by atoms with van der Waals surface area (Å²) in [5.74, 6) is 0.393. The number of hydrogen-bond donors (Lipinski definition) is 1. The fraction of sp³-hybridized carbons (Fsp3) is 0.500. The molecule has 1 fully saturated rings. The zero-order chi connectivity index (χ0) is 18.6. The highest BCUT2D eigenvalue weighted by molar-refractivity contribution is 5.78. The van der Waals surface area contributed by atoms with Gasteiger partial charge < -0.3 is 10.2 Å². The second-order valence-corrected chi connectivity index (χ2v) is 6.11. The SMILES string of the molecule is O=C(NCCn1cncn1)C1CCN(c2ccc(C(F)(F)F)cn2)CC1. The molecule has 0 spiro atoms. The fourth-order valence-electron chi connectivity index (χ4n) is 2.90. The predicted octanol–water partition coefficient (Wildman–Crippen LogP) is 1.72. The maximum Gasteiger partial charge on any atom is 0.417 e. The van der Waals surface area contributed by atoms with E-state index in [1.165, 1.54) is 12.4 Å². The topological polar surface area (TPSA) is 75.9 Å². The number of alkyl halides is 3. The molecule has 140 valence electrons. The molecule has 7 nitrogen and oxygen atoms in total. The van der Waals surface area contributed by atoms with Gasteiger partial charge in [0.1, 0.15) is 18.5 Å². The van der Waals surface area contributed by atoms with E-state index < -0.39 is 11.7 Å². The maximum atomic E-state index is 12.6. The Hall–Kier alpha value is -2.65. The van der Waals surface area contributed by atoms with Gasteiger partial charge in [-0.3, -0.25) is 9.48 Å². The predicted molar refractivity (Wildman–Crippen MR) is 87.2 cm³/mol. The maximum absolute atomic E-state index is 12.6. The van der Waals surface area contributed by atoms with Crippen molar-refractivity contribution in [3.63, 3.8) is 0 Å². The average Bonchev–Trinajstić information content (AvgIpc) is 3.15. The van der Waals surface area contributed by atoms with Gasteiger partial charge in [0.2, 0.25) is 5.91 Å². The van der Waals surface area contributed by atoms with E-state index in [1.54, 1.807) is 11.0 Å². The summed E-state index contributed by atoms with van der Waals surface area (Å²) in [6, 6.07) is 2.41. The Labute approximate surface area is 148 Å². The van der Waals surface area contributed by atoms with E-state index in [0.29, 0.717) is 44.8 Å². The molecule has 0 unspecified atom stereocenters. The van der Waals surface area contributed by atoms with Gasteiger partial charge in [-0.15, -0.1) is 0 Å². The monoisotopic (exact) mass is 368 g/mol. The molecule has 1 N–H and O–H groups in total. The molecule has 0 radical (unpaired) electrons. The number of rotatable bonds is 5. The van der Waals surface area contributed by atoms with Crippen LogP contribution in [0.15, 0.2) is 31.0 Å². The van der Waals surface area contributed by atoms with Crippen molar-refractivity contribution < 1.29 is 18.0 Å². The molecule has 0 saturated carbocycles. The largest absolute Gasteiger partial charge is 0.417 e. The number of halogens is 3. The third kappa shape index (κ3) is 4.50. The van der Waals surface area contributed by atoms with Crippen LogP contribution >= 0.6 is 0 Å². The molecule has 10 heteroatoms. The first kappa shape index (κ1) is 18.2. The van der Waals surface area contributed by atoms with Crippen molar-refractivity contribution in [3.05, 3.63) is 36.5 Å². The molecule has 0 atom stereocenters. The normalized spacial score (nSPS) is 15.9. The number of nitrogens with one attached hydrogen (secondary N) is 1. The van der Waals surface area contributed by atoms with Gasteiger partial charge in [0.05, 0.1) is 12.1 Å². The third-order valence-electron chi connectivity index (χ3n) is 4.37. The van der Waals surface area contributed by atoms with E-state index in [1.807, 2.05) is 4.90 Å². The van der Waals surface area contributed by atoms with Crippen molar-refractivity contribution in [1.82, 2.24) is 25.1 Å². The Kier molecular flexibility index (Phi) is 5.38. The summed E-state index contributed by atoms with van der Waals surface area (Å²) in [6.07, 6.45) is 0.755. The van der Waals surface area contributed by atoms with E-state index >= 15 is 0 Å². The van der Waals surface area contributed by atoms with E-state index in [-0.39, 0.29) is 11.8 Å². The average molecular weight is 368 g/mol. The number of amides is 1. The number of hydrogen-bond acceptors (Lipinski definition) is 5. The van der Waals surface area contributed by atoms with Crippen LogP contribution in [-0.4, -0.2) is 45.3 Å². The summed E-state index contributed by atoms with van der Waals surface area (Å²) in [7, 11) is 0. The minimum absolute atomic E-state index is 0.00913. The second kappa shape index (κ2) is 7.71. The Morgan fingerprint density at radius 1 is 1.27 bits per heavy atom. The smallest absolute Gasteiger partial charge is 0.357 e. The van der Waals surface area contributed by atoms with Crippen molar-refractivity contribution >= 4 is 11.7 Å². The highest BCUT2D eigenvalue weighted by Gasteiger charge is 2.31. The third-order valence-corrected chi connectivity index (χ3v) is 4.37. The van der Waals surface area contributed by atoms with Crippen LogP contribution in [0.3, 0.4) is 0 Å². The van der Waals surface area contributed by atoms with Crippen LogP contribution in [0.5, 0.6) is 0 Å². The van der Waals surface area contributed by atoms with Crippen molar-refractivity contribution in [2.24, 2.45) is 5.92 Å². The Bertz CT molecular complexity index is 709. The van der Waals surface area contributed by atoms with Gasteiger partial charge in [-0.1, -0.05) is 0 Å². The van der Waals surface area contributed by atoms with Crippen LogP contribution in [-0.2, 0) is 17.5 Å². The molecule has 2 aromatic heterocycles. The lowest BCUT2D eigenvalue weighted by Gasteiger charge is -2.32. The summed E-state index contributed by atoms with van der Waals surface area (Å²) in [4.78, 5) is 21.8. The van der Waals surface area contributed by atoms with E-state index in [9.17, 15) is 18.0 Å². The highest BCUT2D eigenvalue weighted by Crippen LogP contribution is 2.30. The second-order valence-electron chi connectivity index (χ2n) is 6.11. The van der Waals surface area contributed by atoms with Crippen LogP contribution in [0, 0.1) is 5.92 Å². The van der Waals surface area contributed by atoms with E-state index in [2.05, 4.69) is 20.4 Å². The number of anilines is 1. The molecule has 26 heavy (non-hydrogen) atoms. The number of pyridine rings is 1. The van der Waals surface area contributed by atoms with Crippen molar-refractivity contribution in [2.75, 3.05) is 24.5 Å². The Morgan fingerprint density at radius 2 is 2.04 bits per heavy atom. The molecule has 1 amide bonds. The van der Waals surface area contributed by atoms with E-state index in [4.69, 9.17) is 0 Å². The van der Waals surface area contributed by atoms with Gasteiger partial charge >= 0.3 is 6.18 Å². The minimum Gasteiger partial charge on any atom is -0.357 e. The van der Waals surface area contributed by atoms with Crippen LogP contribution in [0.25, 0.3) is 0 Å². The number of carbonyl (C=O) groups is 1. The van der Waals surface area contributed by atoms with Gasteiger partial charge in [-0.25, -0.2) is 9.97 Å². The number of nitrogens with zero attached hydrogens (tertiary/aromatic N) is 5. The summed E-state index contributed by atoms with van der Waals surface area (Å²) >= 11 is 0. The zero-order valence-corrected chi connectivity index (χ0v) is 14.0. The van der Waals surface area contributed by atoms with E-state index in [0.717, 1.165) is 12.3 Å². The van der Waals surface area contributed by atoms with Gasteiger partial charge in [0.25, 0.3) is 0 Å². The Balaban J connectivity index is 1.45. The van der Waals surface area contributed by atoms with Crippen LogP contribution in [0.2, 0.25) is 0 Å². The molecule has 3 heterocycles. The van der Waals surface area contributed by atoms with Crippen molar-refractivity contribution in [1.29, 1.82) is 0 Å². The molecule has 0 bridgehead atoms. The summed E-state index contributed by atoms with van der Waals surface area (Å²) in [5.41, 5.74) is -0.761. The first-order valence-electron chi connectivity index (χ1n) is 8.32. The lowest BCUT2D eigenvalue weighted by molar-refractivity contribution is -0.137. The Morgan fingerprint density at radius 3 is 2.62 bits per heavy atom. The lowest BCUT2D eigenvalue weighted by atomic mass is 9.96. The van der Waals surface area contributed by atoms with Gasteiger partial charge in [-0.2, -0.15) is 18.3 Å². The molecular weight excluding hydrogens is 349 g/mol. The molecule has 1 aliphatic heterocycles. The first-order valence-corrected chi connectivity index (χ1v) is 8.32. The first-order chi connectivity index (χ1) is 12.4. The number of aromatic nitrogens is 4. The van der Waals surface area contributed by atoms with Gasteiger partial charge in [-0.05, 0) is 25.0 Å². The minimum atomic E-state index is -4.39. The molecule has 3 rings (SSSR count). The molecule has 2 aromatic rings. The molecule has 0 aliphatic carbocycles. The lowest BCUT2D eigenvalue weighted by Crippen LogP contribution is -2.41. The fourth-order valence-corrected chi connectivity index (χ4v) is 2.90. The zero-order valence-electron chi connectivity index (χ0n) is 14.0. The quantitative estimate of drug-likeness (QED) is 0.870. The van der Waals surface area contributed by atoms with Crippen molar-refractivity contribution in [3.8, 4) is 0 Å².